The minimum absolute atomic E-state index is 0.0519. The molecule has 2 aromatic rings. The molecular formula is C16H9ClF3NO. The van der Waals surface area contributed by atoms with Gasteiger partial charge in [-0.2, -0.15) is 13.2 Å². The highest BCUT2D eigenvalue weighted by Crippen LogP contribution is 2.39. The molecule has 1 heterocycles. The number of alkyl halides is 3. The summed E-state index contributed by atoms with van der Waals surface area (Å²) < 4.78 is 39.0. The number of fused-ring (bicyclic) bond motifs is 1. The van der Waals surface area contributed by atoms with Gasteiger partial charge < -0.3 is 0 Å². The number of ketones is 1. The van der Waals surface area contributed by atoms with Crippen LogP contribution in [0.4, 0.5) is 18.9 Å². The standard InChI is InChI=1S/C16H9ClF3NO/c17-10-6-4-9(5-7-10)13-8-14(22)15-11(16(18,19)20)2-1-3-12(15)21-13/h1-7H,8H2. The summed E-state index contributed by atoms with van der Waals surface area (Å²) in [5.41, 5.74) is -0.132. The van der Waals surface area contributed by atoms with Gasteiger partial charge in [-0.15, -0.1) is 0 Å². The average Bonchev–Trinajstić information content (AvgIpc) is 2.46. The van der Waals surface area contributed by atoms with Crippen LogP contribution in [0.15, 0.2) is 47.5 Å². The number of carbonyl (C=O) groups is 1. The fourth-order valence-electron chi connectivity index (χ4n) is 2.40. The summed E-state index contributed by atoms with van der Waals surface area (Å²) in [6.45, 7) is 0. The molecule has 0 atom stereocenters. The highest BCUT2D eigenvalue weighted by atomic mass is 35.5. The summed E-state index contributed by atoms with van der Waals surface area (Å²) in [7, 11) is 0. The maximum atomic E-state index is 13.0. The zero-order chi connectivity index (χ0) is 15.9. The van der Waals surface area contributed by atoms with E-state index in [1.165, 1.54) is 12.1 Å². The Labute approximate surface area is 129 Å². The Balaban J connectivity index is 2.13. The molecule has 0 aromatic heterocycles. The van der Waals surface area contributed by atoms with Crippen LogP contribution in [-0.2, 0) is 6.18 Å². The van der Waals surface area contributed by atoms with Crippen molar-refractivity contribution in [3.63, 3.8) is 0 Å². The Hall–Kier alpha value is -2.14. The van der Waals surface area contributed by atoms with Crippen LogP contribution in [0.25, 0.3) is 0 Å². The number of rotatable bonds is 1. The predicted molar refractivity (Wildman–Crippen MR) is 78.0 cm³/mol. The molecule has 0 aliphatic carbocycles. The van der Waals surface area contributed by atoms with Crippen molar-refractivity contribution in [1.82, 2.24) is 0 Å². The third-order valence-corrected chi connectivity index (χ3v) is 3.64. The molecule has 1 aliphatic heterocycles. The number of carbonyl (C=O) groups excluding carboxylic acids is 1. The first-order chi connectivity index (χ1) is 10.4. The van der Waals surface area contributed by atoms with E-state index in [1.54, 1.807) is 24.3 Å². The van der Waals surface area contributed by atoms with Crippen LogP contribution in [0.3, 0.4) is 0 Å². The highest BCUT2D eigenvalue weighted by molar-refractivity contribution is 6.30. The molecule has 6 heteroatoms. The molecule has 3 rings (SSSR count). The second-order valence-corrected chi connectivity index (χ2v) is 5.30. The molecule has 0 radical (unpaired) electrons. The van der Waals surface area contributed by atoms with Gasteiger partial charge in [0.05, 0.1) is 28.9 Å². The summed E-state index contributed by atoms with van der Waals surface area (Å²) in [6, 6.07) is 10.2. The molecule has 0 bridgehead atoms. The lowest BCUT2D eigenvalue weighted by Gasteiger charge is -2.19. The smallest absolute Gasteiger partial charge is 0.294 e. The zero-order valence-electron chi connectivity index (χ0n) is 11.1. The molecular weight excluding hydrogens is 315 g/mol. The number of halogens is 4. The van der Waals surface area contributed by atoms with Gasteiger partial charge in [-0.3, -0.25) is 9.79 Å². The van der Waals surface area contributed by atoms with Gasteiger partial charge >= 0.3 is 6.18 Å². The number of hydrogen-bond acceptors (Lipinski definition) is 2. The third kappa shape index (κ3) is 2.64. The number of benzene rings is 2. The molecule has 1 aliphatic rings. The number of aliphatic imine (C=N–C) groups is 1. The van der Waals surface area contributed by atoms with Crippen LogP contribution in [0.2, 0.25) is 5.02 Å². The maximum Gasteiger partial charge on any atom is 0.417 e. The van der Waals surface area contributed by atoms with Crippen molar-refractivity contribution in [2.45, 2.75) is 12.6 Å². The normalized spacial score (nSPS) is 14.5. The van der Waals surface area contributed by atoms with Crippen molar-refractivity contribution < 1.29 is 18.0 Å². The Bertz CT molecular complexity index is 779. The Kier molecular flexibility index (Phi) is 3.53. The van der Waals surface area contributed by atoms with Gasteiger partial charge in [0.2, 0.25) is 0 Å². The van der Waals surface area contributed by atoms with Crippen LogP contribution >= 0.6 is 11.6 Å². The highest BCUT2D eigenvalue weighted by Gasteiger charge is 2.37. The molecule has 0 spiro atoms. The fourth-order valence-corrected chi connectivity index (χ4v) is 2.52. The SMILES string of the molecule is O=C1CC(c2ccc(Cl)cc2)=Nc2cccc(C(F)(F)F)c21. The van der Waals surface area contributed by atoms with Gasteiger partial charge in [0.1, 0.15) is 0 Å². The minimum atomic E-state index is -4.58. The number of nitrogens with zero attached hydrogens (tertiary/aromatic N) is 1. The molecule has 0 saturated carbocycles. The van der Waals surface area contributed by atoms with Gasteiger partial charge in [0.25, 0.3) is 0 Å². The van der Waals surface area contributed by atoms with Crippen LogP contribution in [0, 0.1) is 0 Å². The molecule has 0 unspecified atom stereocenters. The second-order valence-electron chi connectivity index (χ2n) is 4.86. The van der Waals surface area contributed by atoms with Gasteiger partial charge in [-0.05, 0) is 29.8 Å². The first kappa shape index (κ1) is 14.8. The lowest BCUT2D eigenvalue weighted by molar-refractivity contribution is -0.137. The summed E-state index contributed by atoms with van der Waals surface area (Å²) in [6.07, 6.45) is -4.74. The van der Waals surface area contributed by atoms with E-state index in [4.69, 9.17) is 11.6 Å². The van der Waals surface area contributed by atoms with Crippen molar-refractivity contribution in [3.8, 4) is 0 Å². The van der Waals surface area contributed by atoms with Crippen molar-refractivity contribution in [2.24, 2.45) is 4.99 Å². The van der Waals surface area contributed by atoms with Crippen LogP contribution < -0.4 is 0 Å². The minimum Gasteiger partial charge on any atom is -0.294 e. The number of Topliss-reactive ketones (excluding diaryl/α,β-unsaturated/α-hetero) is 1. The molecule has 0 N–H and O–H groups in total. The summed E-state index contributed by atoms with van der Waals surface area (Å²) in [5, 5.41) is 0.534. The topological polar surface area (TPSA) is 29.4 Å². The first-order valence-electron chi connectivity index (χ1n) is 6.43. The lowest BCUT2D eigenvalue weighted by Crippen LogP contribution is -2.19. The molecule has 2 aromatic carbocycles. The quantitative estimate of drug-likeness (QED) is 0.720. The Morgan fingerprint density at radius 2 is 1.73 bits per heavy atom. The van der Waals surface area contributed by atoms with Crippen molar-refractivity contribution >= 4 is 28.8 Å². The largest absolute Gasteiger partial charge is 0.417 e. The maximum absolute atomic E-state index is 13.0. The average molecular weight is 324 g/mol. The molecule has 22 heavy (non-hydrogen) atoms. The second kappa shape index (κ2) is 5.25. The molecule has 0 amide bonds. The van der Waals surface area contributed by atoms with Gasteiger partial charge in [0, 0.05) is 5.02 Å². The van der Waals surface area contributed by atoms with E-state index >= 15 is 0 Å². The van der Waals surface area contributed by atoms with Crippen molar-refractivity contribution in [3.05, 3.63) is 64.2 Å². The predicted octanol–water partition coefficient (Wildman–Crippen LogP) is 5.07. The Morgan fingerprint density at radius 3 is 2.36 bits per heavy atom. The molecule has 2 nitrogen and oxygen atoms in total. The monoisotopic (exact) mass is 323 g/mol. The summed E-state index contributed by atoms with van der Waals surface area (Å²) in [4.78, 5) is 16.4. The van der Waals surface area contributed by atoms with E-state index in [-0.39, 0.29) is 17.7 Å². The lowest BCUT2D eigenvalue weighted by atomic mass is 9.92. The van der Waals surface area contributed by atoms with Gasteiger partial charge in [-0.25, -0.2) is 0 Å². The summed E-state index contributed by atoms with van der Waals surface area (Å²) >= 11 is 5.80. The van der Waals surface area contributed by atoms with E-state index in [9.17, 15) is 18.0 Å². The molecule has 0 fully saturated rings. The number of hydrogen-bond donors (Lipinski definition) is 0. The summed E-state index contributed by atoms with van der Waals surface area (Å²) in [5.74, 6) is -0.581. The fraction of sp³-hybridized carbons (Fsp3) is 0.125. The van der Waals surface area contributed by atoms with Gasteiger partial charge in [-0.1, -0.05) is 29.8 Å². The third-order valence-electron chi connectivity index (χ3n) is 3.39. The van der Waals surface area contributed by atoms with Crippen LogP contribution in [0.5, 0.6) is 0 Å². The molecule has 0 saturated heterocycles. The van der Waals surface area contributed by atoms with E-state index in [0.29, 0.717) is 16.3 Å². The Morgan fingerprint density at radius 1 is 1.05 bits per heavy atom. The zero-order valence-corrected chi connectivity index (χ0v) is 11.9. The van der Waals surface area contributed by atoms with Crippen molar-refractivity contribution in [2.75, 3.05) is 0 Å². The van der Waals surface area contributed by atoms with Crippen LogP contribution in [-0.4, -0.2) is 11.5 Å². The van der Waals surface area contributed by atoms with E-state index in [0.717, 1.165) is 6.07 Å². The van der Waals surface area contributed by atoms with E-state index in [1.807, 2.05) is 0 Å². The van der Waals surface area contributed by atoms with Crippen molar-refractivity contribution in [1.29, 1.82) is 0 Å². The van der Waals surface area contributed by atoms with Gasteiger partial charge in [0.15, 0.2) is 5.78 Å². The van der Waals surface area contributed by atoms with E-state index in [2.05, 4.69) is 4.99 Å². The first-order valence-corrected chi connectivity index (χ1v) is 6.81. The molecule has 112 valence electrons. The van der Waals surface area contributed by atoms with Crippen LogP contribution in [0.1, 0.15) is 27.9 Å². The van der Waals surface area contributed by atoms with E-state index < -0.39 is 17.5 Å².